The third kappa shape index (κ3) is 7.48. The first kappa shape index (κ1) is 38.2. The highest BCUT2D eigenvalue weighted by Crippen LogP contribution is 2.59. The Balaban J connectivity index is 1.53. The van der Waals surface area contributed by atoms with E-state index in [2.05, 4.69) is 18.5 Å². The number of benzene rings is 2. The van der Waals surface area contributed by atoms with Gasteiger partial charge in [0.05, 0.1) is 43.2 Å². The lowest BCUT2D eigenvalue weighted by atomic mass is 9.70. The zero-order valence-electron chi connectivity index (χ0n) is 29.4. The van der Waals surface area contributed by atoms with E-state index in [1.165, 1.54) is 16.9 Å². The number of hydrogen-bond donors (Lipinski definition) is 2. The number of methoxy groups -OCH3 is 1. The van der Waals surface area contributed by atoms with Crippen LogP contribution < -0.4 is 10.2 Å². The number of amides is 3. The number of halogens is 1. The number of nitrogens with zero attached hydrogens (tertiary/aromatic N) is 2. The molecule has 3 amide bonds. The van der Waals surface area contributed by atoms with Crippen molar-refractivity contribution in [3.63, 3.8) is 0 Å². The molecular weight excluding hydrogens is 674 g/mol. The van der Waals surface area contributed by atoms with Gasteiger partial charge in [-0.3, -0.25) is 19.2 Å². The number of carbonyl (C=O) groups is 4. The number of fused-ring (bicyclic) bond motifs is 1. The summed E-state index contributed by atoms with van der Waals surface area (Å²) in [6, 6.07) is 13.2. The van der Waals surface area contributed by atoms with Gasteiger partial charge in [0, 0.05) is 30.8 Å². The smallest absolute Gasteiger partial charge is 0.313 e. The Hall–Kier alpha value is -4.03. The fraction of sp³-hybridized carbons (Fsp3) is 0.487. The van der Waals surface area contributed by atoms with Crippen molar-refractivity contribution >= 4 is 41.0 Å². The number of rotatable bonds is 17. The molecule has 8 atom stereocenters. The Kier molecular flexibility index (Phi) is 12.4. The molecule has 5 rings (SSSR count). The third-order valence-corrected chi connectivity index (χ3v) is 10.5. The van der Waals surface area contributed by atoms with Crippen molar-refractivity contribution in [3.8, 4) is 0 Å². The molecule has 3 heterocycles. The number of likely N-dealkylation sites (tertiary alicyclic amines) is 1. The minimum atomic E-state index is -1.34. The molecule has 0 aromatic heterocycles. The SMILES string of the molecule is C=CCCC(=O)N[C@H](COC)[C@H](OC(=O)[C@@H]1[C@H]2C(=O)N([C@@H](CO)C(C)C)[C@H](C(=O)N(CC=C)c3ccc(Cl)cc3)[C@]23CC[C@H]1O3)c1ccccc1. The van der Waals surface area contributed by atoms with Crippen LogP contribution in [-0.2, 0) is 33.4 Å². The van der Waals surface area contributed by atoms with Crippen LogP contribution in [0, 0.1) is 17.8 Å². The third-order valence-electron chi connectivity index (χ3n) is 10.3. The van der Waals surface area contributed by atoms with Crippen LogP contribution in [0.5, 0.6) is 0 Å². The number of nitrogens with one attached hydrogen (secondary N) is 1. The standard InChI is InChI=1S/C39H48ClN3O8/c1-6-8-14-31(45)41-28(23-49-5)34(25-12-10-9-11-13-25)50-38(48)32-30-19-20-39(51-30)33(32)36(46)43(29(22-44)24(3)4)35(39)37(47)42(21-7-2)27-17-15-26(40)16-18-27/h6-7,9-13,15-18,24,28-30,32-35,44H,1-2,8,14,19-23H2,3-5H3,(H,41,45)/t28-,29+,30-,32+,33+,34-,35-,39+/m1/s1. The molecule has 274 valence electrons. The maximum atomic E-state index is 14.8. The normalized spacial score (nSPS) is 25.2. The van der Waals surface area contributed by atoms with Gasteiger partial charge in [-0.2, -0.15) is 0 Å². The number of carbonyl (C=O) groups excluding carboxylic acids is 4. The van der Waals surface area contributed by atoms with Crippen LogP contribution in [0.25, 0.3) is 0 Å². The van der Waals surface area contributed by atoms with Gasteiger partial charge < -0.3 is 34.4 Å². The van der Waals surface area contributed by atoms with Crippen molar-refractivity contribution < 1.29 is 38.5 Å². The molecule has 12 heteroatoms. The summed E-state index contributed by atoms with van der Waals surface area (Å²) in [5, 5.41) is 14.1. The highest BCUT2D eigenvalue weighted by Gasteiger charge is 2.76. The largest absolute Gasteiger partial charge is 0.455 e. The van der Waals surface area contributed by atoms with Crippen molar-refractivity contribution in [3.05, 3.63) is 90.5 Å². The van der Waals surface area contributed by atoms with E-state index in [1.807, 2.05) is 19.9 Å². The number of anilines is 1. The topological polar surface area (TPSA) is 135 Å². The second-order valence-electron chi connectivity index (χ2n) is 13.7. The zero-order chi connectivity index (χ0) is 36.9. The van der Waals surface area contributed by atoms with Gasteiger partial charge in [0.2, 0.25) is 11.8 Å². The number of hydrogen-bond acceptors (Lipinski definition) is 8. The van der Waals surface area contributed by atoms with E-state index in [4.69, 9.17) is 25.8 Å². The number of allylic oxidation sites excluding steroid dienone is 1. The molecule has 2 aromatic rings. The average molecular weight is 722 g/mol. The van der Waals surface area contributed by atoms with Gasteiger partial charge in [-0.15, -0.1) is 13.2 Å². The fourth-order valence-electron chi connectivity index (χ4n) is 7.96. The second-order valence-corrected chi connectivity index (χ2v) is 14.2. The van der Waals surface area contributed by atoms with Crippen LogP contribution >= 0.6 is 11.6 Å². The lowest BCUT2D eigenvalue weighted by Crippen LogP contribution is -2.59. The van der Waals surface area contributed by atoms with E-state index < -0.39 is 72.2 Å². The van der Waals surface area contributed by atoms with E-state index in [1.54, 1.807) is 60.7 Å². The van der Waals surface area contributed by atoms with Gasteiger partial charge in [-0.1, -0.05) is 67.9 Å². The van der Waals surface area contributed by atoms with Crippen LogP contribution in [0.4, 0.5) is 5.69 Å². The maximum Gasteiger partial charge on any atom is 0.313 e. The van der Waals surface area contributed by atoms with Crippen LogP contribution in [0.15, 0.2) is 79.9 Å². The lowest BCUT2D eigenvalue weighted by Gasteiger charge is -2.40. The predicted molar refractivity (Wildman–Crippen MR) is 193 cm³/mol. The summed E-state index contributed by atoms with van der Waals surface area (Å²) >= 11 is 6.16. The van der Waals surface area contributed by atoms with E-state index in [0.29, 0.717) is 35.5 Å². The van der Waals surface area contributed by atoms with Crippen LogP contribution in [0.2, 0.25) is 5.02 Å². The molecule has 2 bridgehead atoms. The molecule has 1 spiro atoms. The van der Waals surface area contributed by atoms with E-state index in [0.717, 1.165) is 0 Å². The summed E-state index contributed by atoms with van der Waals surface area (Å²) in [6.45, 7) is 11.1. The Morgan fingerprint density at radius 2 is 1.84 bits per heavy atom. The van der Waals surface area contributed by atoms with Gasteiger partial charge in [0.15, 0.2) is 0 Å². The molecule has 0 saturated carbocycles. The summed E-state index contributed by atoms with van der Waals surface area (Å²) in [6.07, 6.45) is 3.05. The summed E-state index contributed by atoms with van der Waals surface area (Å²) in [4.78, 5) is 59.9. The van der Waals surface area contributed by atoms with Gasteiger partial charge >= 0.3 is 5.97 Å². The van der Waals surface area contributed by atoms with Crippen LogP contribution in [0.1, 0.15) is 51.2 Å². The Labute approximate surface area is 304 Å². The summed E-state index contributed by atoms with van der Waals surface area (Å²) in [5.41, 5.74) is -0.162. The molecule has 0 radical (unpaired) electrons. The molecular formula is C39H48ClN3O8. The minimum absolute atomic E-state index is 0.0460. The van der Waals surface area contributed by atoms with E-state index in [-0.39, 0.29) is 31.4 Å². The van der Waals surface area contributed by atoms with Gasteiger partial charge in [0.1, 0.15) is 17.7 Å². The number of esters is 1. The molecule has 3 saturated heterocycles. The van der Waals surface area contributed by atoms with Crippen LogP contribution in [0.3, 0.4) is 0 Å². The summed E-state index contributed by atoms with van der Waals surface area (Å²) in [7, 11) is 1.50. The summed E-state index contributed by atoms with van der Waals surface area (Å²) in [5.74, 6) is -4.08. The molecule has 0 aliphatic carbocycles. The van der Waals surface area contributed by atoms with Crippen LogP contribution in [-0.4, -0.2) is 90.4 Å². The Morgan fingerprint density at radius 3 is 2.45 bits per heavy atom. The molecule has 2 N–H and O–H groups in total. The minimum Gasteiger partial charge on any atom is -0.455 e. The quantitative estimate of drug-likeness (QED) is 0.179. The predicted octanol–water partition coefficient (Wildman–Crippen LogP) is 4.63. The first-order valence-electron chi connectivity index (χ1n) is 17.5. The Bertz CT molecular complexity index is 1590. The van der Waals surface area contributed by atoms with Crippen molar-refractivity contribution in [1.29, 1.82) is 0 Å². The highest BCUT2D eigenvalue weighted by molar-refractivity contribution is 6.30. The molecule has 0 unspecified atom stereocenters. The highest BCUT2D eigenvalue weighted by atomic mass is 35.5. The summed E-state index contributed by atoms with van der Waals surface area (Å²) < 4.78 is 18.4. The molecule has 11 nitrogen and oxygen atoms in total. The van der Waals surface area contributed by atoms with Crippen molar-refractivity contribution in [2.75, 3.05) is 31.8 Å². The van der Waals surface area contributed by atoms with Crippen molar-refractivity contribution in [2.45, 2.75) is 75.5 Å². The first-order chi connectivity index (χ1) is 24.5. The Morgan fingerprint density at radius 1 is 1.14 bits per heavy atom. The number of aliphatic hydroxyl groups excluding tert-OH is 1. The van der Waals surface area contributed by atoms with E-state index >= 15 is 0 Å². The molecule has 2 aromatic carbocycles. The van der Waals surface area contributed by atoms with E-state index in [9.17, 15) is 24.3 Å². The lowest BCUT2D eigenvalue weighted by molar-refractivity contribution is -0.163. The molecule has 3 fully saturated rings. The molecule has 51 heavy (non-hydrogen) atoms. The number of ether oxygens (including phenoxy) is 3. The average Bonchev–Trinajstić information content (AvgIpc) is 3.77. The maximum absolute atomic E-state index is 14.8. The van der Waals surface area contributed by atoms with Crippen molar-refractivity contribution in [1.82, 2.24) is 10.2 Å². The monoisotopic (exact) mass is 721 g/mol. The van der Waals surface area contributed by atoms with Gasteiger partial charge in [-0.05, 0) is 55.0 Å². The molecule has 3 aliphatic heterocycles. The fourth-order valence-corrected chi connectivity index (χ4v) is 8.09. The molecule has 3 aliphatic rings. The van der Waals surface area contributed by atoms with Crippen molar-refractivity contribution in [2.24, 2.45) is 17.8 Å². The van der Waals surface area contributed by atoms with Gasteiger partial charge in [0.25, 0.3) is 5.91 Å². The number of aliphatic hydroxyl groups is 1. The first-order valence-corrected chi connectivity index (χ1v) is 17.8. The zero-order valence-corrected chi connectivity index (χ0v) is 30.2. The second kappa shape index (κ2) is 16.5. The van der Waals surface area contributed by atoms with Gasteiger partial charge in [-0.25, -0.2) is 0 Å².